The van der Waals surface area contributed by atoms with Crippen LogP contribution in [0.5, 0.6) is 0 Å². The number of rotatable bonds is 6. The number of nitrogens with one attached hydrogen (secondary N) is 2. The Kier molecular flexibility index (Phi) is 8.85. The molecule has 2 amide bonds. The second-order valence-corrected chi connectivity index (χ2v) is 17.9. The molecule has 7 nitrogen and oxygen atoms in total. The molecule has 4 aliphatic rings. The Morgan fingerprint density at radius 3 is 2.37 bits per heavy atom. The van der Waals surface area contributed by atoms with Gasteiger partial charge in [0, 0.05) is 6.54 Å². The summed E-state index contributed by atoms with van der Waals surface area (Å²) in [5, 5.41) is 25.3. The van der Waals surface area contributed by atoms with Crippen molar-refractivity contribution in [2.45, 2.75) is 122 Å². The van der Waals surface area contributed by atoms with Crippen LogP contribution in [-0.4, -0.2) is 43.4 Å². The van der Waals surface area contributed by atoms with Crippen LogP contribution in [0.15, 0.2) is 29.2 Å². The van der Waals surface area contributed by atoms with Gasteiger partial charge in [-0.05, 0) is 120 Å². The third kappa shape index (κ3) is 5.78. The van der Waals surface area contributed by atoms with E-state index in [2.05, 4.69) is 37.7 Å². The van der Waals surface area contributed by atoms with E-state index in [1.807, 2.05) is 26.8 Å². The zero-order valence-electron chi connectivity index (χ0n) is 27.4. The Bertz CT molecular complexity index is 1290. The van der Waals surface area contributed by atoms with Crippen molar-refractivity contribution in [2.24, 2.45) is 52.3 Å². The van der Waals surface area contributed by atoms with E-state index in [1.54, 1.807) is 12.1 Å². The first-order valence-corrected chi connectivity index (χ1v) is 18.3. The quantitative estimate of drug-likeness (QED) is 0.302. The van der Waals surface area contributed by atoms with E-state index >= 15 is 0 Å². The summed E-state index contributed by atoms with van der Waals surface area (Å²) < 4.78 is 28.2. The van der Waals surface area contributed by atoms with Crippen LogP contribution in [0.3, 0.4) is 0 Å². The number of carbonyl (C=O) groups is 1. The molecule has 4 saturated carbocycles. The van der Waals surface area contributed by atoms with Gasteiger partial charge in [-0.15, -0.1) is 0 Å². The van der Waals surface area contributed by atoms with Gasteiger partial charge in [0.25, 0.3) is 10.0 Å². The SMILES string of the molecule is CC[C@@H]1C2C[C@H](O)CCC2(C)[C@H]2CCC3(C)[C@@H]([C@H](C)CNC(=O)NS(=O)(=O)c4cccc(C(C)(C)C)c4)CC[C@H]3[C@@H]2[C@@H]1O. The van der Waals surface area contributed by atoms with Crippen LogP contribution in [-0.2, 0) is 15.4 Å². The average Bonchev–Trinajstić information content (AvgIpc) is 3.29. The molecule has 4 aliphatic carbocycles. The van der Waals surface area contributed by atoms with Gasteiger partial charge in [0.2, 0.25) is 0 Å². The molecule has 4 N–H and O–H groups in total. The number of aliphatic hydroxyl groups is 2. The molecule has 0 spiro atoms. The maximum atomic E-state index is 13.0. The fourth-order valence-corrected chi connectivity index (χ4v) is 11.6. The fourth-order valence-electron chi connectivity index (χ4n) is 10.7. The van der Waals surface area contributed by atoms with E-state index in [1.165, 1.54) is 6.07 Å². The summed E-state index contributed by atoms with van der Waals surface area (Å²) in [7, 11) is -3.99. The molecular weight excluding hydrogens is 560 g/mol. The van der Waals surface area contributed by atoms with Crippen LogP contribution >= 0.6 is 0 Å². The van der Waals surface area contributed by atoms with Gasteiger partial charge in [0.05, 0.1) is 17.1 Å². The first-order chi connectivity index (χ1) is 20.0. The summed E-state index contributed by atoms with van der Waals surface area (Å²) in [6.45, 7) is 15.7. The van der Waals surface area contributed by atoms with E-state index in [4.69, 9.17) is 0 Å². The molecule has 11 atom stereocenters. The smallest absolute Gasteiger partial charge is 0.328 e. The van der Waals surface area contributed by atoms with Crippen molar-refractivity contribution in [1.29, 1.82) is 0 Å². The third-order valence-corrected chi connectivity index (χ3v) is 14.3. The number of aliphatic hydroxyl groups excluding tert-OH is 2. The van der Waals surface area contributed by atoms with E-state index in [0.29, 0.717) is 30.2 Å². The standard InChI is InChI=1S/C35H56N2O5S/c1-8-25-29-19-23(38)14-16-35(29,7)28-15-17-34(6)26(12-13-27(34)30(28)31(25)39)21(2)20-36-32(40)37-43(41,42)24-11-9-10-22(18-24)33(3,4)5/h9-11,18,21,23,25-31,38-39H,8,12-17,19-20H2,1-7H3,(H2,36,37,40)/t21-,23-,25-,26-,27+,28+,29?,30+,31-,34?,35?/m1/s1. The Hall–Kier alpha value is -1.64. The van der Waals surface area contributed by atoms with Gasteiger partial charge < -0.3 is 15.5 Å². The molecule has 242 valence electrons. The van der Waals surface area contributed by atoms with Crippen LogP contribution in [0.25, 0.3) is 0 Å². The summed E-state index contributed by atoms with van der Waals surface area (Å²) in [5.74, 6) is 2.40. The van der Waals surface area contributed by atoms with E-state index < -0.39 is 16.1 Å². The van der Waals surface area contributed by atoms with Crippen molar-refractivity contribution in [2.75, 3.05) is 6.54 Å². The minimum absolute atomic E-state index is 0.0782. The zero-order valence-corrected chi connectivity index (χ0v) is 28.2. The molecule has 5 rings (SSSR count). The number of amides is 2. The normalized spacial score (nSPS) is 40.1. The highest BCUT2D eigenvalue weighted by atomic mass is 32.2. The van der Waals surface area contributed by atoms with Crippen LogP contribution in [0, 0.1) is 52.3 Å². The monoisotopic (exact) mass is 616 g/mol. The number of hydrogen-bond acceptors (Lipinski definition) is 5. The van der Waals surface area contributed by atoms with E-state index in [9.17, 15) is 23.4 Å². The molecule has 0 aliphatic heterocycles. The highest BCUT2D eigenvalue weighted by Gasteiger charge is 2.64. The summed E-state index contributed by atoms with van der Waals surface area (Å²) in [6, 6.07) is 6.07. The molecule has 0 bridgehead atoms. The van der Waals surface area contributed by atoms with Crippen LogP contribution in [0.1, 0.15) is 105 Å². The summed E-state index contributed by atoms with van der Waals surface area (Å²) in [5.41, 5.74) is 0.935. The lowest BCUT2D eigenvalue weighted by Crippen LogP contribution is -2.62. The van der Waals surface area contributed by atoms with Gasteiger partial charge in [0.15, 0.2) is 0 Å². The number of benzene rings is 1. The van der Waals surface area contributed by atoms with Crippen molar-refractivity contribution < 1.29 is 23.4 Å². The first kappa shape index (κ1) is 32.7. The van der Waals surface area contributed by atoms with Gasteiger partial charge in [0.1, 0.15) is 0 Å². The van der Waals surface area contributed by atoms with E-state index in [0.717, 1.165) is 56.9 Å². The number of carbonyl (C=O) groups excluding carboxylic acids is 1. The number of sulfonamides is 1. The molecular formula is C35H56N2O5S. The molecule has 8 heteroatoms. The lowest BCUT2D eigenvalue weighted by molar-refractivity contribution is -0.203. The van der Waals surface area contributed by atoms with Gasteiger partial charge in [-0.2, -0.15) is 0 Å². The minimum Gasteiger partial charge on any atom is -0.393 e. The molecule has 43 heavy (non-hydrogen) atoms. The maximum absolute atomic E-state index is 13.0. The van der Waals surface area contributed by atoms with Crippen molar-refractivity contribution in [3.05, 3.63) is 29.8 Å². The predicted octanol–water partition coefficient (Wildman–Crippen LogP) is 6.23. The predicted molar refractivity (Wildman–Crippen MR) is 170 cm³/mol. The lowest BCUT2D eigenvalue weighted by atomic mass is 9.41. The summed E-state index contributed by atoms with van der Waals surface area (Å²) in [4.78, 5) is 12.9. The van der Waals surface area contributed by atoms with E-state index in [-0.39, 0.29) is 51.1 Å². The number of hydrogen-bond donors (Lipinski definition) is 4. The molecule has 0 heterocycles. The zero-order chi connectivity index (χ0) is 31.5. The van der Waals surface area contributed by atoms with Crippen molar-refractivity contribution >= 4 is 16.1 Å². The van der Waals surface area contributed by atoms with Gasteiger partial charge >= 0.3 is 6.03 Å². The fraction of sp³-hybridized carbons (Fsp3) is 0.800. The highest BCUT2D eigenvalue weighted by molar-refractivity contribution is 7.90. The lowest BCUT2D eigenvalue weighted by Gasteiger charge is -2.64. The summed E-state index contributed by atoms with van der Waals surface area (Å²) >= 11 is 0. The van der Waals surface area contributed by atoms with Crippen molar-refractivity contribution in [3.8, 4) is 0 Å². The third-order valence-electron chi connectivity index (χ3n) is 13.0. The molecule has 0 aromatic heterocycles. The number of fused-ring (bicyclic) bond motifs is 5. The second-order valence-electron chi connectivity index (χ2n) is 16.2. The average molecular weight is 617 g/mol. The Morgan fingerprint density at radius 2 is 1.70 bits per heavy atom. The Morgan fingerprint density at radius 1 is 1.02 bits per heavy atom. The van der Waals surface area contributed by atoms with Crippen LogP contribution in [0.2, 0.25) is 0 Å². The largest absolute Gasteiger partial charge is 0.393 e. The molecule has 1 aromatic rings. The maximum Gasteiger partial charge on any atom is 0.328 e. The molecule has 3 unspecified atom stereocenters. The molecule has 0 radical (unpaired) electrons. The van der Waals surface area contributed by atoms with Crippen molar-refractivity contribution in [3.63, 3.8) is 0 Å². The van der Waals surface area contributed by atoms with Gasteiger partial charge in [-0.25, -0.2) is 17.9 Å². The second kappa shape index (κ2) is 11.6. The number of urea groups is 1. The van der Waals surface area contributed by atoms with Gasteiger partial charge in [-0.1, -0.05) is 67.0 Å². The topological polar surface area (TPSA) is 116 Å². The highest BCUT2D eigenvalue weighted by Crippen LogP contribution is 2.69. The Balaban J connectivity index is 1.25. The summed E-state index contributed by atoms with van der Waals surface area (Å²) in [6.07, 6.45) is 7.50. The molecule has 4 fully saturated rings. The first-order valence-electron chi connectivity index (χ1n) is 16.8. The minimum atomic E-state index is -3.99. The van der Waals surface area contributed by atoms with Crippen molar-refractivity contribution in [1.82, 2.24) is 10.0 Å². The molecule has 1 aromatic carbocycles. The Labute approximate surface area is 260 Å². The molecule has 0 saturated heterocycles. The van der Waals surface area contributed by atoms with Crippen LogP contribution in [0.4, 0.5) is 4.79 Å². The van der Waals surface area contributed by atoms with Crippen LogP contribution < -0.4 is 10.0 Å². The van der Waals surface area contributed by atoms with Gasteiger partial charge in [-0.3, -0.25) is 0 Å².